The molecule has 29 nitrogen and oxygen atoms in total. The molecule has 6 aliphatic rings. The summed E-state index contributed by atoms with van der Waals surface area (Å²) < 4.78 is 152. The van der Waals surface area contributed by atoms with Gasteiger partial charge in [0.2, 0.25) is 0 Å². The monoisotopic (exact) mass is 1460 g/mol. The zero-order valence-corrected chi connectivity index (χ0v) is 62.2. The maximum Gasteiger partial charge on any atom is 0.511 e. The van der Waals surface area contributed by atoms with Crippen molar-refractivity contribution in [2.75, 3.05) is 0 Å². The quantitative estimate of drug-likeness (QED) is 0.0641. The summed E-state index contributed by atoms with van der Waals surface area (Å²) in [6.45, 7) is 69.1. The number of rotatable bonds is 26. The summed E-state index contributed by atoms with van der Waals surface area (Å²) in [6, 6.07) is 0. The van der Waals surface area contributed by atoms with E-state index >= 15 is 0 Å². The molecular formula is C36H60O29Si18. The van der Waals surface area contributed by atoms with Crippen molar-refractivity contribution in [3.63, 3.8) is 0 Å². The Hall–Kier alpha value is -1.94. The van der Waals surface area contributed by atoms with Crippen molar-refractivity contribution < 1.29 is 123 Å². The minimum Gasteiger partial charge on any atom is -0.407 e. The fourth-order valence-corrected chi connectivity index (χ4v) is 80.3. The fraction of sp³-hybridized carbons (Fsp3) is 0. The molecule has 6 bridgehead atoms. The largest absolute Gasteiger partial charge is 0.511 e. The van der Waals surface area contributed by atoms with Crippen LogP contribution in [0.3, 0.4) is 0 Å². The summed E-state index contributed by atoms with van der Waals surface area (Å²) in [4.78, 5) is 69.6. The average Bonchev–Trinajstić information content (AvgIpc) is 0.895. The van der Waals surface area contributed by atoms with Crippen molar-refractivity contribution in [3.05, 3.63) is 221 Å². The average molecular weight is 1460 g/mol. The minimum absolute atomic E-state index is 0.819. The lowest BCUT2D eigenvalue weighted by atomic mass is 11.3. The van der Waals surface area contributed by atoms with E-state index in [-0.39, 0.29) is 0 Å². The first-order chi connectivity index (χ1) is 38.7. The molecule has 0 aliphatic carbocycles. The van der Waals surface area contributed by atoms with Gasteiger partial charge < -0.3 is 123 Å². The molecule has 0 aromatic carbocycles. The second-order valence-corrected chi connectivity index (χ2v) is 63.5. The van der Waals surface area contributed by atoms with E-state index < -0.39 is 159 Å². The zero-order chi connectivity index (χ0) is 62.1. The van der Waals surface area contributed by atoms with E-state index in [4.69, 9.17) is 94.6 Å². The third-order valence-electron chi connectivity index (χ3n) is 10.9. The highest BCUT2D eigenvalue weighted by Gasteiger charge is 2.81. The lowest BCUT2D eigenvalue weighted by Crippen LogP contribution is -2.85. The topological polar surface area (TPSA) is 334 Å². The first kappa shape index (κ1) is 70.2. The molecule has 6 fully saturated rings. The van der Waals surface area contributed by atoms with Crippen LogP contribution in [0.15, 0.2) is 221 Å². The molecule has 0 spiro atoms. The molecule has 450 valence electrons. The highest BCUT2D eigenvalue weighted by molar-refractivity contribution is 7.07. The summed E-state index contributed by atoms with van der Waals surface area (Å²) in [7, 11) is -89.1. The highest BCUT2D eigenvalue weighted by Crippen LogP contribution is 2.49. The molecule has 0 amide bonds. The smallest absolute Gasteiger partial charge is 0.407 e. The molecule has 12 atom stereocenters. The Balaban J connectivity index is 1.69. The van der Waals surface area contributed by atoms with Crippen LogP contribution in [0.1, 0.15) is 0 Å². The van der Waals surface area contributed by atoms with Gasteiger partial charge in [0.25, 0.3) is 0 Å². The predicted molar refractivity (Wildman–Crippen MR) is 325 cm³/mol. The van der Waals surface area contributed by atoms with Gasteiger partial charge in [-0.15, -0.1) is 92.1 Å². The van der Waals surface area contributed by atoms with Crippen molar-refractivity contribution in [3.8, 4) is 0 Å². The Bertz CT molecular complexity index is 2530. The SMILES string of the molecule is C=C[Si](O)O[Si]1(C=C)O[Si](O)(C=C)O[Si](O)(C=C)O[Si](C=C)(O[Si]2(C=C)O[Si]3(C=C)O[Si]4(C=C)O[Si](C=C)(O[Si]5(C=C)O[Si](O)(C=C)O[Si](O)(C=C)O[Si](C=C)(O[Si](O)C=C)O5)O[Si]5(C=C)O[Si](C=C)(O2)O[Si](C=C)(O3)O[Si](C=C)(O4)O5)O1. The minimum atomic E-state index is -5.48. The van der Waals surface area contributed by atoms with Gasteiger partial charge in [-0.1, -0.05) is 26.3 Å². The second kappa shape index (κ2) is 25.2. The first-order valence-corrected chi connectivity index (χ1v) is 55.1. The molecule has 12 unspecified atom stereocenters. The van der Waals surface area contributed by atoms with Crippen LogP contribution >= 0.6 is 0 Å². The van der Waals surface area contributed by atoms with Crippen LogP contribution in [-0.2, 0) is 94.6 Å². The lowest BCUT2D eigenvalue weighted by molar-refractivity contribution is 0.0117. The van der Waals surface area contributed by atoms with Gasteiger partial charge in [-0.05, 0) is 103 Å². The van der Waals surface area contributed by atoms with E-state index in [1.165, 1.54) is 0 Å². The van der Waals surface area contributed by atoms with Crippen LogP contribution in [-0.4, -0.2) is 188 Å². The number of fused-ring (bicyclic) bond motifs is 4. The molecule has 6 aliphatic heterocycles. The molecule has 6 rings (SSSR count). The molecule has 2 radical (unpaired) electrons. The molecule has 83 heavy (non-hydrogen) atoms. The van der Waals surface area contributed by atoms with Crippen LogP contribution in [0.2, 0.25) is 0 Å². The van der Waals surface area contributed by atoms with E-state index in [1.807, 2.05) is 0 Å². The van der Waals surface area contributed by atoms with Crippen molar-refractivity contribution in [1.29, 1.82) is 0 Å². The van der Waals surface area contributed by atoms with Gasteiger partial charge in [0, 0.05) is 0 Å². The Labute approximate surface area is 500 Å². The number of hydrogen-bond acceptors (Lipinski definition) is 29. The van der Waals surface area contributed by atoms with Crippen LogP contribution in [0.5, 0.6) is 0 Å². The standard InChI is InChI=1S/C36H60O29Si18/c1-19-66(37)43-72(25-7)47-68(39,21-3)45-70(41,23-5)49-74(27-9,51-72)53-76(29-11)55-78(31-13)59-80(33-15)57-77(30-12,58-81(34-16)60-79(32-14,56-76)62-82(35-17,61-78)65-83(36-18,63-80)64-81)54-75(28-10)50-71(42,24-6)46-69(40,22-4)48-73(26-8,52-75)44-67(38)20-2/h19-42H,1-18H2. The van der Waals surface area contributed by atoms with Crippen molar-refractivity contribution in [2.24, 2.45) is 0 Å². The van der Waals surface area contributed by atoms with E-state index in [1.54, 1.807) is 0 Å². The van der Waals surface area contributed by atoms with Gasteiger partial charge in [-0.3, -0.25) is 0 Å². The summed E-state index contributed by atoms with van der Waals surface area (Å²) in [5, 5.41) is 0. The van der Waals surface area contributed by atoms with Crippen molar-refractivity contribution >= 4 is 159 Å². The molecule has 6 saturated heterocycles. The molecule has 0 aromatic rings. The summed E-state index contributed by atoms with van der Waals surface area (Å²) >= 11 is 0. The highest BCUT2D eigenvalue weighted by atomic mass is 28.6. The van der Waals surface area contributed by atoms with Crippen LogP contribution in [0.25, 0.3) is 0 Å². The van der Waals surface area contributed by atoms with Crippen LogP contribution < -0.4 is 0 Å². The van der Waals surface area contributed by atoms with Gasteiger partial charge in [-0.25, -0.2) is 0 Å². The Morgan fingerprint density at radius 1 is 0.229 bits per heavy atom. The third kappa shape index (κ3) is 14.1. The second-order valence-electron chi connectivity index (χ2n) is 16.5. The Morgan fingerprint density at radius 2 is 0.422 bits per heavy atom. The van der Waals surface area contributed by atoms with E-state index in [0.29, 0.717) is 0 Å². The van der Waals surface area contributed by atoms with Gasteiger partial charge in [-0.2, -0.15) is 0 Å². The van der Waals surface area contributed by atoms with Crippen LogP contribution in [0, 0.1) is 0 Å². The van der Waals surface area contributed by atoms with E-state index in [2.05, 4.69) is 118 Å². The molecule has 6 N–H and O–H groups in total. The first-order valence-electron chi connectivity index (χ1n) is 23.3. The Kier molecular flexibility index (Phi) is 21.3. The van der Waals surface area contributed by atoms with Crippen molar-refractivity contribution in [1.82, 2.24) is 0 Å². The van der Waals surface area contributed by atoms with E-state index in [9.17, 15) is 28.8 Å². The van der Waals surface area contributed by atoms with E-state index in [0.717, 1.165) is 103 Å². The maximum atomic E-state index is 12.1. The molecule has 0 aromatic heterocycles. The maximum absolute atomic E-state index is 12.1. The normalized spacial score (nSPS) is 46.1. The third-order valence-corrected chi connectivity index (χ3v) is 71.6. The lowest BCUT2D eigenvalue weighted by Gasteiger charge is -2.58. The van der Waals surface area contributed by atoms with Gasteiger partial charge in [0.1, 0.15) is 0 Å². The van der Waals surface area contributed by atoms with Gasteiger partial charge in [0.15, 0.2) is 0 Å². The summed E-state index contributed by atoms with van der Waals surface area (Å²) in [5.74, 6) is 0. The molecule has 0 saturated carbocycles. The van der Waals surface area contributed by atoms with Crippen molar-refractivity contribution in [2.45, 2.75) is 0 Å². The van der Waals surface area contributed by atoms with Gasteiger partial charge in [0.05, 0.1) is 0 Å². The zero-order valence-electron chi connectivity index (χ0n) is 44.2. The molecule has 6 heterocycles. The van der Waals surface area contributed by atoms with Crippen LogP contribution in [0.4, 0.5) is 0 Å². The summed E-state index contributed by atoms with van der Waals surface area (Å²) in [6.07, 6.45) is 0. The molecule has 47 heteroatoms. The molecular weight excluding hydrogens is 1400 g/mol. The fourth-order valence-electron chi connectivity index (χ4n) is 7.25. The number of hydrogen-bond donors (Lipinski definition) is 6. The van der Waals surface area contributed by atoms with Gasteiger partial charge >= 0.3 is 159 Å². The summed E-state index contributed by atoms with van der Waals surface area (Å²) in [5.41, 5.74) is 17.5. The Morgan fingerprint density at radius 3 is 0.602 bits per heavy atom. The predicted octanol–water partition coefficient (Wildman–Crippen LogP) is 0.456.